The number of amides is 2. The number of nitrogens with zero attached hydrogens (tertiary/aromatic N) is 3. The van der Waals surface area contributed by atoms with Gasteiger partial charge in [0.05, 0.1) is 17.0 Å². The molecule has 1 saturated heterocycles. The number of carbonyl (C=O) groups is 2. The number of pyridine rings is 1. The van der Waals surface area contributed by atoms with Gasteiger partial charge in [-0.05, 0) is 12.5 Å². The van der Waals surface area contributed by atoms with Gasteiger partial charge < -0.3 is 25.7 Å². The van der Waals surface area contributed by atoms with Crippen LogP contribution in [0.5, 0.6) is 0 Å². The highest BCUT2D eigenvalue weighted by Gasteiger charge is 2.32. The molecule has 1 aliphatic rings. The second-order valence-corrected chi connectivity index (χ2v) is 5.06. The molecule has 11 nitrogen and oxygen atoms in total. The minimum Gasteiger partial charge on any atom is -0.465 e. The van der Waals surface area contributed by atoms with Gasteiger partial charge >= 0.3 is 17.9 Å². The highest BCUT2D eigenvalue weighted by atomic mass is 16.6. The predicted molar refractivity (Wildman–Crippen MR) is 77.6 cm³/mol. The van der Waals surface area contributed by atoms with Crippen molar-refractivity contribution in [3.8, 4) is 0 Å². The van der Waals surface area contributed by atoms with Crippen LogP contribution in [0.2, 0.25) is 0 Å². The van der Waals surface area contributed by atoms with E-state index in [9.17, 15) is 19.7 Å². The van der Waals surface area contributed by atoms with Crippen molar-refractivity contribution in [3.05, 3.63) is 28.6 Å². The lowest BCUT2D eigenvalue weighted by molar-refractivity contribution is -0.384. The molecule has 2 unspecified atom stereocenters. The topological polar surface area (TPSA) is 158 Å². The summed E-state index contributed by atoms with van der Waals surface area (Å²) in [7, 11) is 0. The molecule has 0 radical (unpaired) electrons. The number of carboxylic acid groups (broad SMARTS) is 2. The number of anilines is 1. The molecule has 2 atom stereocenters. The molecular weight excluding hydrogens is 310 g/mol. The van der Waals surface area contributed by atoms with Gasteiger partial charge in [0, 0.05) is 19.3 Å². The predicted octanol–water partition coefficient (Wildman–Crippen LogP) is 0.472. The van der Waals surface area contributed by atoms with Crippen molar-refractivity contribution in [2.45, 2.75) is 18.5 Å². The Morgan fingerprint density at radius 2 is 1.83 bits per heavy atom. The normalized spacial score (nSPS) is 20.6. The zero-order chi connectivity index (χ0) is 17.0. The Balaban J connectivity index is 2.27. The lowest BCUT2D eigenvalue weighted by atomic mass is 10.00. The van der Waals surface area contributed by atoms with Crippen molar-refractivity contribution in [3.63, 3.8) is 0 Å². The van der Waals surface area contributed by atoms with Crippen LogP contribution in [0, 0.1) is 10.1 Å². The molecule has 1 aliphatic heterocycles. The van der Waals surface area contributed by atoms with E-state index < -0.39 is 29.2 Å². The third-order valence-electron chi connectivity index (χ3n) is 3.42. The van der Waals surface area contributed by atoms with E-state index in [0.29, 0.717) is 0 Å². The Morgan fingerprint density at radius 1 is 1.26 bits per heavy atom. The summed E-state index contributed by atoms with van der Waals surface area (Å²) >= 11 is 0. The molecule has 0 saturated carbocycles. The highest BCUT2D eigenvalue weighted by Crippen LogP contribution is 2.29. The van der Waals surface area contributed by atoms with Crippen LogP contribution in [-0.4, -0.2) is 57.5 Å². The van der Waals surface area contributed by atoms with Crippen molar-refractivity contribution in [1.29, 1.82) is 0 Å². The zero-order valence-electron chi connectivity index (χ0n) is 11.9. The van der Waals surface area contributed by atoms with Crippen LogP contribution < -0.4 is 15.5 Å². The third kappa shape index (κ3) is 4.18. The fourth-order valence-corrected chi connectivity index (χ4v) is 2.64. The van der Waals surface area contributed by atoms with Crippen molar-refractivity contribution >= 4 is 23.6 Å². The van der Waals surface area contributed by atoms with Gasteiger partial charge in [-0.1, -0.05) is 0 Å². The second kappa shape index (κ2) is 6.77. The SMILES string of the molecule is O=C(O)NC1CC(NC(=O)O)CN(c2ccncc2[N+](=O)[O-])C1. The first kappa shape index (κ1) is 16.3. The Labute approximate surface area is 130 Å². The average Bonchev–Trinajstić information content (AvgIpc) is 2.45. The summed E-state index contributed by atoms with van der Waals surface area (Å²) in [4.78, 5) is 37.5. The maximum absolute atomic E-state index is 11.1. The van der Waals surface area contributed by atoms with E-state index in [1.165, 1.54) is 12.3 Å². The van der Waals surface area contributed by atoms with Crippen LogP contribution in [-0.2, 0) is 0 Å². The Kier molecular flexibility index (Phi) is 4.79. The number of nitro groups is 1. The first-order chi connectivity index (χ1) is 10.9. The molecule has 2 amide bonds. The number of rotatable bonds is 4. The van der Waals surface area contributed by atoms with Gasteiger partial charge in [-0.25, -0.2) is 9.59 Å². The monoisotopic (exact) mass is 325 g/mol. The summed E-state index contributed by atoms with van der Waals surface area (Å²) in [5.41, 5.74) is 0.0385. The fraction of sp³-hybridized carbons (Fsp3) is 0.417. The van der Waals surface area contributed by atoms with Crippen molar-refractivity contribution < 1.29 is 24.7 Å². The van der Waals surface area contributed by atoms with Crippen LogP contribution in [0.4, 0.5) is 21.0 Å². The molecule has 0 aromatic carbocycles. The van der Waals surface area contributed by atoms with Gasteiger partial charge in [0.1, 0.15) is 11.9 Å². The number of aromatic nitrogens is 1. The molecular formula is C12H15N5O6. The number of hydrogen-bond acceptors (Lipinski definition) is 6. The second-order valence-electron chi connectivity index (χ2n) is 5.06. The van der Waals surface area contributed by atoms with Gasteiger partial charge in [-0.15, -0.1) is 0 Å². The van der Waals surface area contributed by atoms with E-state index in [4.69, 9.17) is 10.2 Å². The molecule has 2 rings (SSSR count). The Hall–Kier alpha value is -3.11. The largest absolute Gasteiger partial charge is 0.465 e. The van der Waals surface area contributed by atoms with Crippen LogP contribution in [0.15, 0.2) is 18.5 Å². The molecule has 1 aromatic rings. The van der Waals surface area contributed by atoms with Crippen molar-refractivity contribution in [2.24, 2.45) is 0 Å². The van der Waals surface area contributed by atoms with Crippen LogP contribution in [0.25, 0.3) is 0 Å². The average molecular weight is 325 g/mol. The summed E-state index contributed by atoms with van der Waals surface area (Å²) in [6, 6.07) is 0.316. The van der Waals surface area contributed by atoms with Crippen molar-refractivity contribution in [1.82, 2.24) is 15.6 Å². The van der Waals surface area contributed by atoms with Gasteiger partial charge in [-0.2, -0.15) is 0 Å². The number of hydrogen-bond donors (Lipinski definition) is 4. The Bertz CT molecular complexity index is 600. The minimum absolute atomic E-state index is 0.189. The molecule has 2 heterocycles. The van der Waals surface area contributed by atoms with Crippen LogP contribution in [0.3, 0.4) is 0 Å². The van der Waals surface area contributed by atoms with Gasteiger partial charge in [0.15, 0.2) is 0 Å². The fourth-order valence-electron chi connectivity index (χ4n) is 2.64. The molecule has 1 aromatic heterocycles. The summed E-state index contributed by atoms with van der Waals surface area (Å²) in [6.07, 6.45) is 0.262. The molecule has 0 aliphatic carbocycles. The summed E-state index contributed by atoms with van der Waals surface area (Å²) in [6.45, 7) is 0.379. The summed E-state index contributed by atoms with van der Waals surface area (Å²) in [5.74, 6) is 0. The number of piperidine rings is 1. The van der Waals surface area contributed by atoms with E-state index in [-0.39, 0.29) is 30.9 Å². The van der Waals surface area contributed by atoms with Crippen molar-refractivity contribution in [2.75, 3.05) is 18.0 Å². The molecule has 0 spiro atoms. The standard InChI is InChI=1S/C12H15N5O6/c18-11(19)14-7-3-8(15-12(20)21)6-16(5-7)9-1-2-13-4-10(9)17(22)23/h1-2,4,7-8,14-15H,3,5-6H2,(H,18,19)(H,20,21). The first-order valence-corrected chi connectivity index (χ1v) is 6.69. The minimum atomic E-state index is -1.24. The quantitative estimate of drug-likeness (QED) is 0.459. The van der Waals surface area contributed by atoms with Crippen LogP contribution >= 0.6 is 0 Å². The smallest absolute Gasteiger partial charge is 0.404 e. The van der Waals surface area contributed by atoms with Crippen LogP contribution in [0.1, 0.15) is 6.42 Å². The zero-order valence-corrected chi connectivity index (χ0v) is 11.9. The maximum atomic E-state index is 11.1. The molecule has 124 valence electrons. The molecule has 0 bridgehead atoms. The number of nitrogens with one attached hydrogen (secondary N) is 2. The summed E-state index contributed by atoms with van der Waals surface area (Å²) < 4.78 is 0. The lowest BCUT2D eigenvalue weighted by Gasteiger charge is -2.38. The van der Waals surface area contributed by atoms with Gasteiger partial charge in [-0.3, -0.25) is 15.1 Å². The molecule has 23 heavy (non-hydrogen) atoms. The van der Waals surface area contributed by atoms with E-state index >= 15 is 0 Å². The molecule has 1 fully saturated rings. The van der Waals surface area contributed by atoms with Gasteiger partial charge in [0.25, 0.3) is 0 Å². The third-order valence-corrected chi connectivity index (χ3v) is 3.42. The first-order valence-electron chi connectivity index (χ1n) is 6.69. The van der Waals surface area contributed by atoms with E-state index in [1.54, 1.807) is 4.90 Å². The van der Waals surface area contributed by atoms with E-state index in [1.807, 2.05) is 0 Å². The van der Waals surface area contributed by atoms with Gasteiger partial charge in [0.2, 0.25) is 0 Å². The highest BCUT2D eigenvalue weighted by molar-refractivity contribution is 5.67. The lowest BCUT2D eigenvalue weighted by Crippen LogP contribution is -2.57. The molecule has 11 heteroatoms. The Morgan fingerprint density at radius 3 is 2.30 bits per heavy atom. The summed E-state index contributed by atoms with van der Waals surface area (Å²) in [5, 5.41) is 33.4. The van der Waals surface area contributed by atoms with E-state index in [0.717, 1.165) is 6.20 Å². The maximum Gasteiger partial charge on any atom is 0.404 e. The molecule has 4 N–H and O–H groups in total. The van der Waals surface area contributed by atoms with E-state index in [2.05, 4.69) is 15.6 Å².